The van der Waals surface area contributed by atoms with Gasteiger partial charge in [0.1, 0.15) is 11.4 Å². The lowest BCUT2D eigenvalue weighted by Crippen LogP contribution is -2.29. The Bertz CT molecular complexity index is 1700. The van der Waals surface area contributed by atoms with Crippen LogP contribution in [0.4, 0.5) is 0 Å². The Morgan fingerprint density at radius 1 is 0.881 bits per heavy atom. The third-order valence-corrected chi connectivity index (χ3v) is 7.56. The summed E-state index contributed by atoms with van der Waals surface area (Å²) in [5.74, 6) is 0.171. The van der Waals surface area contributed by atoms with Crippen LogP contribution in [0.1, 0.15) is 74.2 Å². The summed E-state index contributed by atoms with van der Waals surface area (Å²) in [6.07, 6.45) is 1.41. The number of carboxylic acid groups (broad SMARTS) is 1. The quantitative estimate of drug-likeness (QED) is 0.216. The zero-order valence-corrected chi connectivity index (χ0v) is 24.6. The molecule has 2 N–H and O–H groups in total. The number of nitrogens with zero attached hydrogens (tertiary/aromatic N) is 6. The third kappa shape index (κ3) is 5.47. The van der Waals surface area contributed by atoms with E-state index in [1.807, 2.05) is 76.8 Å². The number of carboxylic acids is 1. The summed E-state index contributed by atoms with van der Waals surface area (Å²) in [6.45, 7) is 9.79. The molecule has 216 valence electrons. The van der Waals surface area contributed by atoms with E-state index in [1.54, 1.807) is 13.8 Å². The van der Waals surface area contributed by atoms with Crippen LogP contribution in [-0.4, -0.2) is 45.9 Å². The zero-order valence-electron chi connectivity index (χ0n) is 24.6. The maximum atomic E-state index is 12.0. The maximum Gasteiger partial charge on any atom is 0.356 e. The molecule has 0 unspecified atom stereocenters. The van der Waals surface area contributed by atoms with Crippen LogP contribution in [0.25, 0.3) is 22.5 Å². The number of imidazole rings is 1. The SMILES string of the molecule is CCCc1nc(C(=O)O)c(C(C)(C)O)n1Cc1ccc(-c2ccccc2-c2nnnn2C(C)(C)c2ccccc2)cc1. The van der Waals surface area contributed by atoms with Gasteiger partial charge in [-0.25, -0.2) is 14.5 Å². The Morgan fingerprint density at radius 3 is 2.14 bits per heavy atom. The molecule has 0 saturated heterocycles. The lowest BCUT2D eigenvalue weighted by atomic mass is 9.93. The van der Waals surface area contributed by atoms with Gasteiger partial charge < -0.3 is 14.8 Å². The monoisotopic (exact) mass is 564 g/mol. The molecule has 42 heavy (non-hydrogen) atoms. The summed E-state index contributed by atoms with van der Waals surface area (Å²) >= 11 is 0. The number of aliphatic hydroxyl groups is 1. The number of hydrogen-bond donors (Lipinski definition) is 2. The van der Waals surface area contributed by atoms with Gasteiger partial charge in [0.2, 0.25) is 0 Å². The van der Waals surface area contributed by atoms with Crippen molar-refractivity contribution in [1.82, 2.24) is 29.8 Å². The molecule has 0 aliphatic rings. The van der Waals surface area contributed by atoms with E-state index in [-0.39, 0.29) is 5.69 Å². The Labute approximate surface area is 245 Å². The molecule has 0 spiro atoms. The molecule has 3 aromatic carbocycles. The Hall–Kier alpha value is -4.63. The van der Waals surface area contributed by atoms with Gasteiger partial charge in [0, 0.05) is 18.5 Å². The number of aryl methyl sites for hydroxylation is 1. The van der Waals surface area contributed by atoms with E-state index in [0.29, 0.717) is 30.3 Å². The Morgan fingerprint density at radius 2 is 1.52 bits per heavy atom. The van der Waals surface area contributed by atoms with Crippen LogP contribution in [0.5, 0.6) is 0 Å². The smallest absolute Gasteiger partial charge is 0.356 e. The van der Waals surface area contributed by atoms with E-state index >= 15 is 0 Å². The minimum absolute atomic E-state index is 0.104. The molecule has 0 amide bonds. The largest absolute Gasteiger partial charge is 0.476 e. The number of aromatic carboxylic acids is 1. The molecule has 9 nitrogen and oxygen atoms in total. The normalized spacial score (nSPS) is 12.0. The summed E-state index contributed by atoms with van der Waals surface area (Å²) in [5, 5.41) is 33.5. The van der Waals surface area contributed by atoms with E-state index in [1.165, 1.54) is 0 Å². The fourth-order valence-corrected chi connectivity index (χ4v) is 5.46. The minimum atomic E-state index is -1.37. The van der Waals surface area contributed by atoms with Crippen molar-refractivity contribution in [2.75, 3.05) is 0 Å². The second-order valence-electron chi connectivity index (χ2n) is 11.5. The van der Waals surface area contributed by atoms with Crippen molar-refractivity contribution in [3.05, 3.63) is 107 Å². The molecule has 0 radical (unpaired) electrons. The molecule has 2 heterocycles. The highest BCUT2D eigenvalue weighted by atomic mass is 16.4. The second-order valence-corrected chi connectivity index (χ2v) is 11.5. The Kier molecular flexibility index (Phi) is 7.79. The van der Waals surface area contributed by atoms with Gasteiger partial charge in [-0.05, 0) is 66.8 Å². The van der Waals surface area contributed by atoms with Crippen molar-refractivity contribution in [3.8, 4) is 22.5 Å². The van der Waals surface area contributed by atoms with Crippen molar-refractivity contribution in [1.29, 1.82) is 0 Å². The fraction of sp³-hybridized carbons (Fsp3) is 0.303. The molecule has 5 aromatic rings. The van der Waals surface area contributed by atoms with Gasteiger partial charge in [-0.15, -0.1) is 5.10 Å². The van der Waals surface area contributed by atoms with E-state index < -0.39 is 17.1 Å². The number of carbonyl (C=O) groups is 1. The van der Waals surface area contributed by atoms with Crippen molar-refractivity contribution < 1.29 is 15.0 Å². The Balaban J connectivity index is 1.51. The zero-order chi connectivity index (χ0) is 30.1. The molecule has 5 rings (SSSR count). The summed E-state index contributed by atoms with van der Waals surface area (Å²) in [4.78, 5) is 16.4. The summed E-state index contributed by atoms with van der Waals surface area (Å²) < 4.78 is 3.71. The number of hydrogen-bond acceptors (Lipinski definition) is 6. The first kappa shape index (κ1) is 28.9. The molecule has 2 aromatic heterocycles. The molecule has 9 heteroatoms. The van der Waals surface area contributed by atoms with Crippen molar-refractivity contribution in [3.63, 3.8) is 0 Å². The van der Waals surface area contributed by atoms with Gasteiger partial charge in [-0.3, -0.25) is 0 Å². The lowest BCUT2D eigenvalue weighted by Gasteiger charge is -2.26. The van der Waals surface area contributed by atoms with Gasteiger partial charge >= 0.3 is 5.97 Å². The number of benzene rings is 3. The van der Waals surface area contributed by atoms with Crippen LogP contribution in [0, 0.1) is 0 Å². The molecule has 0 bridgehead atoms. The first-order valence-electron chi connectivity index (χ1n) is 14.1. The van der Waals surface area contributed by atoms with Crippen LogP contribution >= 0.6 is 0 Å². The average molecular weight is 565 g/mol. The van der Waals surface area contributed by atoms with Gasteiger partial charge in [0.05, 0.1) is 11.2 Å². The molecule has 0 atom stereocenters. The summed E-state index contributed by atoms with van der Waals surface area (Å²) in [5.41, 5.74) is 3.30. The van der Waals surface area contributed by atoms with Gasteiger partial charge in [-0.1, -0.05) is 85.8 Å². The standard InChI is InChI=1S/C33H36N6O3/c1-6-12-27-34-28(31(40)41)29(33(4,5)42)38(27)21-22-17-19-23(20-18-22)25-15-10-11-16-26(25)30-35-36-37-39(30)32(2,3)24-13-8-7-9-14-24/h7-11,13-20,42H,6,12,21H2,1-5H3,(H,40,41). The third-order valence-electron chi connectivity index (χ3n) is 7.56. The van der Waals surface area contributed by atoms with E-state index in [2.05, 4.69) is 52.6 Å². The molecule has 0 aliphatic heterocycles. The summed E-state index contributed by atoms with van der Waals surface area (Å²) in [7, 11) is 0. The minimum Gasteiger partial charge on any atom is -0.476 e. The predicted molar refractivity (Wildman–Crippen MR) is 161 cm³/mol. The highest BCUT2D eigenvalue weighted by Crippen LogP contribution is 2.35. The molecular formula is C33H36N6O3. The van der Waals surface area contributed by atoms with Crippen LogP contribution in [0.15, 0.2) is 78.9 Å². The molecular weight excluding hydrogens is 528 g/mol. The molecule has 0 saturated carbocycles. The van der Waals surface area contributed by atoms with Gasteiger partial charge in [0.15, 0.2) is 11.5 Å². The van der Waals surface area contributed by atoms with Crippen LogP contribution in [0.3, 0.4) is 0 Å². The molecule has 0 aliphatic carbocycles. The van der Waals surface area contributed by atoms with Crippen molar-refractivity contribution in [2.24, 2.45) is 0 Å². The second kappa shape index (κ2) is 11.3. The number of rotatable bonds is 10. The van der Waals surface area contributed by atoms with Gasteiger partial charge in [0.25, 0.3) is 0 Å². The van der Waals surface area contributed by atoms with Crippen molar-refractivity contribution in [2.45, 2.75) is 65.1 Å². The van der Waals surface area contributed by atoms with Gasteiger partial charge in [-0.2, -0.15) is 0 Å². The topological polar surface area (TPSA) is 119 Å². The fourth-order valence-electron chi connectivity index (χ4n) is 5.46. The first-order valence-corrected chi connectivity index (χ1v) is 14.1. The highest BCUT2D eigenvalue weighted by Gasteiger charge is 2.32. The first-order chi connectivity index (χ1) is 20.0. The van der Waals surface area contributed by atoms with E-state index in [0.717, 1.165) is 34.2 Å². The predicted octanol–water partition coefficient (Wildman–Crippen LogP) is 5.91. The van der Waals surface area contributed by atoms with E-state index in [4.69, 9.17) is 0 Å². The lowest BCUT2D eigenvalue weighted by molar-refractivity contribution is 0.0588. The van der Waals surface area contributed by atoms with Crippen LogP contribution < -0.4 is 0 Å². The van der Waals surface area contributed by atoms with Crippen LogP contribution in [0.2, 0.25) is 0 Å². The van der Waals surface area contributed by atoms with Crippen molar-refractivity contribution >= 4 is 5.97 Å². The maximum absolute atomic E-state index is 12.0. The number of aromatic nitrogens is 6. The number of tetrazole rings is 1. The summed E-state index contributed by atoms with van der Waals surface area (Å²) in [6, 6.07) is 26.4. The molecule has 0 fully saturated rings. The highest BCUT2D eigenvalue weighted by molar-refractivity contribution is 5.87. The average Bonchev–Trinajstić information content (AvgIpc) is 3.60. The van der Waals surface area contributed by atoms with E-state index in [9.17, 15) is 15.0 Å². The van der Waals surface area contributed by atoms with Crippen LogP contribution in [-0.2, 0) is 24.1 Å².